The minimum Gasteiger partial charge on any atom is -0.345 e. The number of hydrogen-bond donors (Lipinski definition) is 1. The molecule has 1 amide bonds. The predicted octanol–water partition coefficient (Wildman–Crippen LogP) is -0.0967. The van der Waals surface area contributed by atoms with E-state index in [9.17, 15) is 18.0 Å². The molecule has 0 radical (unpaired) electrons. The molecule has 0 aromatic rings. The highest BCUT2D eigenvalue weighted by molar-refractivity contribution is 7.92. The standard InChI is InChI=1S/C9H17NO4S/c1-5-8(11)6(2)10-9(12)7(3)15(4,13)14/h6-7H,5H2,1-4H3,(H,10,12). The summed E-state index contributed by atoms with van der Waals surface area (Å²) in [7, 11) is -3.40. The van der Waals surface area contributed by atoms with E-state index in [1.807, 2.05) is 0 Å². The molecule has 0 spiro atoms. The second-order valence-corrected chi connectivity index (χ2v) is 5.89. The number of carbonyl (C=O) groups excluding carboxylic acids is 2. The molecule has 0 aliphatic rings. The van der Waals surface area contributed by atoms with Crippen LogP contribution in [0.2, 0.25) is 0 Å². The van der Waals surface area contributed by atoms with Crippen LogP contribution in [0.15, 0.2) is 0 Å². The van der Waals surface area contributed by atoms with E-state index in [4.69, 9.17) is 0 Å². The molecule has 0 aliphatic carbocycles. The van der Waals surface area contributed by atoms with Crippen molar-refractivity contribution in [2.24, 2.45) is 0 Å². The van der Waals surface area contributed by atoms with Crippen LogP contribution in [0.4, 0.5) is 0 Å². The van der Waals surface area contributed by atoms with Crippen molar-refractivity contribution < 1.29 is 18.0 Å². The first-order valence-corrected chi connectivity index (χ1v) is 6.67. The van der Waals surface area contributed by atoms with Gasteiger partial charge in [-0.25, -0.2) is 8.42 Å². The van der Waals surface area contributed by atoms with Gasteiger partial charge in [0.2, 0.25) is 5.91 Å². The van der Waals surface area contributed by atoms with E-state index in [-0.39, 0.29) is 5.78 Å². The fourth-order valence-corrected chi connectivity index (χ4v) is 1.37. The van der Waals surface area contributed by atoms with Crippen LogP contribution in [-0.2, 0) is 19.4 Å². The molecule has 0 bridgehead atoms. The number of Topliss-reactive ketones (excluding diaryl/α,β-unsaturated/α-hetero) is 1. The normalized spacial score (nSPS) is 15.5. The monoisotopic (exact) mass is 235 g/mol. The molecule has 0 aromatic heterocycles. The Hall–Kier alpha value is -0.910. The topological polar surface area (TPSA) is 80.3 Å². The van der Waals surface area contributed by atoms with Gasteiger partial charge in [0, 0.05) is 12.7 Å². The maximum Gasteiger partial charge on any atom is 0.238 e. The first kappa shape index (κ1) is 14.1. The smallest absolute Gasteiger partial charge is 0.238 e. The van der Waals surface area contributed by atoms with Crippen molar-refractivity contribution in [3.8, 4) is 0 Å². The van der Waals surface area contributed by atoms with Crippen LogP contribution in [0.3, 0.4) is 0 Å². The number of sulfone groups is 1. The molecule has 0 fully saturated rings. The quantitative estimate of drug-likeness (QED) is 0.721. The van der Waals surface area contributed by atoms with Gasteiger partial charge in [-0.3, -0.25) is 9.59 Å². The summed E-state index contributed by atoms with van der Waals surface area (Å²) in [4.78, 5) is 22.5. The Kier molecular flexibility index (Phi) is 4.93. The third kappa shape index (κ3) is 4.42. The summed E-state index contributed by atoms with van der Waals surface area (Å²) in [5.74, 6) is -0.754. The van der Waals surface area contributed by atoms with Gasteiger partial charge in [-0.15, -0.1) is 0 Å². The van der Waals surface area contributed by atoms with Crippen molar-refractivity contribution in [3.05, 3.63) is 0 Å². The Bertz CT molecular complexity index is 347. The van der Waals surface area contributed by atoms with Gasteiger partial charge in [0.1, 0.15) is 5.25 Å². The number of ketones is 1. The Morgan fingerprint density at radius 3 is 2.07 bits per heavy atom. The summed E-state index contributed by atoms with van der Waals surface area (Å²) < 4.78 is 22.1. The van der Waals surface area contributed by atoms with Crippen LogP contribution in [-0.4, -0.2) is 37.7 Å². The van der Waals surface area contributed by atoms with Crippen LogP contribution in [0.25, 0.3) is 0 Å². The third-order valence-corrected chi connectivity index (χ3v) is 3.70. The molecule has 15 heavy (non-hydrogen) atoms. The Morgan fingerprint density at radius 1 is 1.27 bits per heavy atom. The van der Waals surface area contributed by atoms with Gasteiger partial charge in [0.25, 0.3) is 0 Å². The van der Waals surface area contributed by atoms with Crippen molar-refractivity contribution in [3.63, 3.8) is 0 Å². The Morgan fingerprint density at radius 2 is 1.73 bits per heavy atom. The van der Waals surface area contributed by atoms with Crippen molar-refractivity contribution >= 4 is 21.5 Å². The lowest BCUT2D eigenvalue weighted by Gasteiger charge is -2.14. The second kappa shape index (κ2) is 5.25. The van der Waals surface area contributed by atoms with Gasteiger partial charge < -0.3 is 5.32 Å². The first-order valence-electron chi connectivity index (χ1n) is 4.72. The molecule has 0 saturated carbocycles. The highest BCUT2D eigenvalue weighted by Gasteiger charge is 2.25. The molecule has 0 rings (SSSR count). The lowest BCUT2D eigenvalue weighted by Crippen LogP contribution is -2.45. The molecular weight excluding hydrogens is 218 g/mol. The maximum atomic E-state index is 11.4. The number of rotatable bonds is 5. The van der Waals surface area contributed by atoms with Crippen molar-refractivity contribution in [1.29, 1.82) is 0 Å². The summed E-state index contributed by atoms with van der Waals surface area (Å²) in [5, 5.41) is 1.25. The zero-order chi connectivity index (χ0) is 12.2. The summed E-state index contributed by atoms with van der Waals surface area (Å²) in [6.07, 6.45) is 1.30. The van der Waals surface area contributed by atoms with Crippen LogP contribution in [0, 0.1) is 0 Å². The van der Waals surface area contributed by atoms with E-state index >= 15 is 0 Å². The molecule has 0 heterocycles. The summed E-state index contributed by atoms with van der Waals surface area (Å²) >= 11 is 0. The molecule has 88 valence electrons. The zero-order valence-corrected chi connectivity index (χ0v) is 10.2. The maximum absolute atomic E-state index is 11.4. The average Bonchev–Trinajstić information content (AvgIpc) is 2.13. The summed E-state index contributed by atoms with van der Waals surface area (Å²) in [5.41, 5.74) is 0. The lowest BCUT2D eigenvalue weighted by molar-refractivity contribution is -0.126. The van der Waals surface area contributed by atoms with Gasteiger partial charge in [0.15, 0.2) is 15.6 Å². The molecular formula is C9H17NO4S. The Labute approximate surface area is 90.2 Å². The molecule has 0 aromatic carbocycles. The fourth-order valence-electron chi connectivity index (χ4n) is 0.912. The van der Waals surface area contributed by atoms with Crippen molar-refractivity contribution in [1.82, 2.24) is 5.32 Å². The highest BCUT2D eigenvalue weighted by atomic mass is 32.2. The molecule has 1 N–H and O–H groups in total. The molecule has 6 heteroatoms. The van der Waals surface area contributed by atoms with E-state index in [0.717, 1.165) is 6.26 Å². The molecule has 2 atom stereocenters. The average molecular weight is 235 g/mol. The SMILES string of the molecule is CCC(=O)C(C)NC(=O)C(C)S(C)(=O)=O. The van der Waals surface area contributed by atoms with Crippen LogP contribution >= 0.6 is 0 Å². The van der Waals surface area contributed by atoms with Gasteiger partial charge in [0.05, 0.1) is 6.04 Å². The van der Waals surface area contributed by atoms with Gasteiger partial charge in [-0.1, -0.05) is 6.92 Å². The van der Waals surface area contributed by atoms with E-state index in [0.29, 0.717) is 6.42 Å². The number of hydrogen-bond acceptors (Lipinski definition) is 4. The third-order valence-electron chi connectivity index (χ3n) is 2.20. The number of carbonyl (C=O) groups is 2. The van der Waals surface area contributed by atoms with Crippen molar-refractivity contribution in [2.75, 3.05) is 6.26 Å². The largest absolute Gasteiger partial charge is 0.345 e. The number of amides is 1. The van der Waals surface area contributed by atoms with E-state index in [2.05, 4.69) is 5.32 Å². The molecule has 0 aliphatic heterocycles. The van der Waals surface area contributed by atoms with Gasteiger partial charge >= 0.3 is 0 Å². The van der Waals surface area contributed by atoms with Crippen LogP contribution < -0.4 is 5.32 Å². The van der Waals surface area contributed by atoms with Crippen molar-refractivity contribution in [2.45, 2.75) is 38.5 Å². The first-order chi connectivity index (χ1) is 6.70. The fraction of sp³-hybridized carbons (Fsp3) is 0.778. The predicted molar refractivity (Wildman–Crippen MR) is 57.2 cm³/mol. The number of nitrogens with one attached hydrogen (secondary N) is 1. The minimum absolute atomic E-state index is 0.121. The van der Waals surface area contributed by atoms with E-state index in [1.54, 1.807) is 13.8 Å². The highest BCUT2D eigenvalue weighted by Crippen LogP contribution is 1.99. The van der Waals surface area contributed by atoms with Gasteiger partial charge in [-0.2, -0.15) is 0 Å². The van der Waals surface area contributed by atoms with E-state index in [1.165, 1.54) is 6.92 Å². The second-order valence-electron chi connectivity index (χ2n) is 3.52. The lowest BCUT2D eigenvalue weighted by atomic mass is 10.1. The van der Waals surface area contributed by atoms with Gasteiger partial charge in [-0.05, 0) is 13.8 Å². The summed E-state index contributed by atoms with van der Waals surface area (Å²) in [6.45, 7) is 4.53. The Balaban J connectivity index is 4.45. The van der Waals surface area contributed by atoms with Crippen LogP contribution in [0.1, 0.15) is 27.2 Å². The zero-order valence-electron chi connectivity index (χ0n) is 9.40. The molecule has 5 nitrogen and oxygen atoms in total. The minimum atomic E-state index is -3.40. The molecule has 0 saturated heterocycles. The summed E-state index contributed by atoms with van der Waals surface area (Å²) in [6, 6.07) is -0.633. The molecule has 2 unspecified atom stereocenters. The van der Waals surface area contributed by atoms with E-state index < -0.39 is 27.0 Å². The van der Waals surface area contributed by atoms with Crippen LogP contribution in [0.5, 0.6) is 0 Å².